The Labute approximate surface area is 111 Å². The van der Waals surface area contributed by atoms with Gasteiger partial charge in [0, 0.05) is 24.9 Å². The van der Waals surface area contributed by atoms with E-state index < -0.39 is 5.97 Å². The van der Waals surface area contributed by atoms with Crippen LogP contribution >= 0.6 is 11.8 Å². The first-order valence-electron chi connectivity index (χ1n) is 5.73. The van der Waals surface area contributed by atoms with E-state index in [0.29, 0.717) is 18.7 Å². The molecule has 1 N–H and O–H groups in total. The Morgan fingerprint density at radius 1 is 1.28 bits per heavy atom. The van der Waals surface area contributed by atoms with Crippen molar-refractivity contribution in [1.82, 2.24) is 4.90 Å². The third kappa shape index (κ3) is 5.72. The van der Waals surface area contributed by atoms with Gasteiger partial charge in [0.25, 0.3) is 0 Å². The summed E-state index contributed by atoms with van der Waals surface area (Å²) >= 11 is 1.49. The topological polar surface area (TPSA) is 57.6 Å². The predicted octanol–water partition coefficient (Wildman–Crippen LogP) is 2.10. The summed E-state index contributed by atoms with van der Waals surface area (Å²) in [4.78, 5) is 24.7. The summed E-state index contributed by atoms with van der Waals surface area (Å²) in [6.07, 6.45) is 0.594. The average molecular weight is 267 g/mol. The van der Waals surface area contributed by atoms with Crippen LogP contribution in [0.3, 0.4) is 0 Å². The molecule has 1 rings (SSSR count). The van der Waals surface area contributed by atoms with E-state index in [1.165, 1.54) is 11.8 Å². The highest BCUT2D eigenvalue weighted by Gasteiger charge is 2.09. The molecule has 0 aliphatic heterocycles. The number of nitrogens with zero attached hydrogens (tertiary/aromatic N) is 1. The predicted molar refractivity (Wildman–Crippen MR) is 71.7 cm³/mol. The maximum absolute atomic E-state index is 11.7. The Hall–Kier alpha value is -1.49. The van der Waals surface area contributed by atoms with Gasteiger partial charge in [-0.15, -0.1) is 11.8 Å². The first kappa shape index (κ1) is 14.6. The highest BCUT2D eigenvalue weighted by atomic mass is 32.2. The minimum Gasteiger partial charge on any atom is -0.481 e. The number of hydrogen-bond donors (Lipinski definition) is 1. The molecular formula is C13H17NO3S. The quantitative estimate of drug-likeness (QED) is 0.769. The first-order valence-corrected chi connectivity index (χ1v) is 6.72. The molecule has 1 amide bonds. The number of thioether (sulfide) groups is 1. The SMILES string of the molecule is CN(CCCC(=O)O)C(=O)CSc1ccccc1. The molecule has 1 aromatic carbocycles. The molecule has 0 saturated carbocycles. The van der Waals surface area contributed by atoms with Crippen LogP contribution in [0.5, 0.6) is 0 Å². The first-order chi connectivity index (χ1) is 8.59. The Morgan fingerprint density at radius 3 is 2.56 bits per heavy atom. The number of carboxylic acid groups (broad SMARTS) is 1. The van der Waals surface area contributed by atoms with Crippen LogP contribution in [0.15, 0.2) is 35.2 Å². The molecule has 0 fully saturated rings. The lowest BCUT2D eigenvalue weighted by molar-refractivity contribution is -0.137. The number of carbonyl (C=O) groups is 2. The zero-order valence-electron chi connectivity index (χ0n) is 10.3. The molecule has 0 bridgehead atoms. The van der Waals surface area contributed by atoms with Gasteiger partial charge in [-0.3, -0.25) is 9.59 Å². The van der Waals surface area contributed by atoms with Crippen LogP contribution in [0, 0.1) is 0 Å². The van der Waals surface area contributed by atoms with E-state index in [0.717, 1.165) is 4.90 Å². The number of amides is 1. The van der Waals surface area contributed by atoms with E-state index in [2.05, 4.69) is 0 Å². The molecular weight excluding hydrogens is 250 g/mol. The van der Waals surface area contributed by atoms with Gasteiger partial charge in [0.15, 0.2) is 0 Å². The molecule has 0 atom stereocenters. The summed E-state index contributed by atoms with van der Waals surface area (Å²) in [7, 11) is 1.70. The third-order valence-electron chi connectivity index (χ3n) is 2.42. The van der Waals surface area contributed by atoms with E-state index in [1.807, 2.05) is 30.3 Å². The minimum absolute atomic E-state index is 0.0224. The zero-order chi connectivity index (χ0) is 13.4. The smallest absolute Gasteiger partial charge is 0.303 e. The van der Waals surface area contributed by atoms with E-state index in [9.17, 15) is 9.59 Å². The van der Waals surface area contributed by atoms with Crippen LogP contribution in [0.1, 0.15) is 12.8 Å². The number of hydrogen-bond acceptors (Lipinski definition) is 3. The standard InChI is InChI=1S/C13H17NO3S/c1-14(9-5-8-13(16)17)12(15)10-18-11-6-3-2-4-7-11/h2-4,6-7H,5,8-10H2,1H3,(H,16,17). The van der Waals surface area contributed by atoms with Crippen molar-refractivity contribution in [2.75, 3.05) is 19.3 Å². The van der Waals surface area contributed by atoms with Crippen molar-refractivity contribution in [1.29, 1.82) is 0 Å². The monoisotopic (exact) mass is 267 g/mol. The molecule has 0 aromatic heterocycles. The molecule has 0 radical (unpaired) electrons. The van der Waals surface area contributed by atoms with Crippen molar-refractivity contribution in [2.45, 2.75) is 17.7 Å². The second-order valence-electron chi connectivity index (χ2n) is 3.91. The van der Waals surface area contributed by atoms with Gasteiger partial charge in [-0.05, 0) is 18.6 Å². The van der Waals surface area contributed by atoms with E-state index in [1.54, 1.807) is 11.9 Å². The van der Waals surface area contributed by atoms with Crippen molar-refractivity contribution in [3.63, 3.8) is 0 Å². The highest BCUT2D eigenvalue weighted by molar-refractivity contribution is 8.00. The number of rotatable bonds is 7. The molecule has 0 heterocycles. The number of carboxylic acids is 1. The van der Waals surface area contributed by atoms with Crippen LogP contribution in [-0.4, -0.2) is 41.2 Å². The molecule has 4 nitrogen and oxygen atoms in total. The van der Waals surface area contributed by atoms with Gasteiger partial charge in [-0.25, -0.2) is 0 Å². The third-order valence-corrected chi connectivity index (χ3v) is 3.41. The lowest BCUT2D eigenvalue weighted by Gasteiger charge is -2.16. The summed E-state index contributed by atoms with van der Waals surface area (Å²) in [5.41, 5.74) is 0. The van der Waals surface area contributed by atoms with Gasteiger partial charge in [0.05, 0.1) is 5.75 Å². The second kappa shape index (κ2) is 7.76. The summed E-state index contributed by atoms with van der Waals surface area (Å²) in [5, 5.41) is 8.51. The van der Waals surface area contributed by atoms with Gasteiger partial charge in [0.1, 0.15) is 0 Å². The van der Waals surface area contributed by atoms with Crippen LogP contribution in [0.2, 0.25) is 0 Å². The summed E-state index contributed by atoms with van der Waals surface area (Å²) in [6.45, 7) is 0.487. The Balaban J connectivity index is 2.25. The second-order valence-corrected chi connectivity index (χ2v) is 4.96. The fourth-order valence-corrected chi connectivity index (χ4v) is 2.22. The summed E-state index contributed by atoms with van der Waals surface area (Å²) in [6, 6.07) is 9.72. The van der Waals surface area contributed by atoms with Gasteiger partial charge in [-0.2, -0.15) is 0 Å². The number of aliphatic carboxylic acids is 1. The molecule has 0 saturated heterocycles. The molecule has 0 aliphatic rings. The van der Waals surface area contributed by atoms with Gasteiger partial charge < -0.3 is 10.0 Å². The van der Waals surface area contributed by atoms with Gasteiger partial charge in [0.2, 0.25) is 5.91 Å². The van der Waals surface area contributed by atoms with Gasteiger partial charge >= 0.3 is 5.97 Å². The minimum atomic E-state index is -0.825. The van der Waals surface area contributed by atoms with E-state index in [-0.39, 0.29) is 12.3 Å². The number of benzene rings is 1. The van der Waals surface area contributed by atoms with Crippen LogP contribution in [-0.2, 0) is 9.59 Å². The molecule has 0 unspecified atom stereocenters. The number of carbonyl (C=O) groups excluding carboxylic acids is 1. The van der Waals surface area contributed by atoms with Crippen LogP contribution in [0.4, 0.5) is 0 Å². The molecule has 98 valence electrons. The normalized spacial score (nSPS) is 10.1. The van der Waals surface area contributed by atoms with Crippen molar-refractivity contribution in [3.8, 4) is 0 Å². The lowest BCUT2D eigenvalue weighted by atomic mass is 10.3. The van der Waals surface area contributed by atoms with Crippen LogP contribution in [0.25, 0.3) is 0 Å². The van der Waals surface area contributed by atoms with Crippen LogP contribution < -0.4 is 0 Å². The maximum Gasteiger partial charge on any atom is 0.303 e. The molecule has 5 heteroatoms. The molecule has 0 aliphatic carbocycles. The lowest BCUT2D eigenvalue weighted by Crippen LogP contribution is -2.29. The molecule has 18 heavy (non-hydrogen) atoms. The largest absolute Gasteiger partial charge is 0.481 e. The van der Waals surface area contributed by atoms with Crippen molar-refractivity contribution in [3.05, 3.63) is 30.3 Å². The Morgan fingerprint density at radius 2 is 1.94 bits per heavy atom. The maximum atomic E-state index is 11.7. The molecule has 1 aromatic rings. The fourth-order valence-electron chi connectivity index (χ4n) is 1.36. The zero-order valence-corrected chi connectivity index (χ0v) is 11.2. The summed E-state index contributed by atoms with van der Waals surface area (Å²) in [5.74, 6) is -0.420. The Bertz CT molecular complexity index is 394. The fraction of sp³-hybridized carbons (Fsp3) is 0.385. The average Bonchev–Trinajstić information content (AvgIpc) is 2.36. The summed E-state index contributed by atoms with van der Waals surface area (Å²) < 4.78 is 0. The highest BCUT2D eigenvalue weighted by Crippen LogP contribution is 2.17. The van der Waals surface area contributed by atoms with Crippen molar-refractivity contribution >= 4 is 23.6 Å². The Kier molecular flexibility index (Phi) is 6.28. The van der Waals surface area contributed by atoms with Crippen molar-refractivity contribution in [2.24, 2.45) is 0 Å². The van der Waals surface area contributed by atoms with E-state index in [4.69, 9.17) is 5.11 Å². The van der Waals surface area contributed by atoms with Crippen molar-refractivity contribution < 1.29 is 14.7 Å². The van der Waals surface area contributed by atoms with Gasteiger partial charge in [-0.1, -0.05) is 18.2 Å². The molecule has 0 spiro atoms. The van der Waals surface area contributed by atoms with E-state index >= 15 is 0 Å².